The molecule has 0 aliphatic carbocycles. The Morgan fingerprint density at radius 1 is 0.596 bits per heavy atom. The summed E-state index contributed by atoms with van der Waals surface area (Å²) < 4.78 is 158. The molecule has 0 heterocycles. The Kier molecular flexibility index (Phi) is 8.93. The van der Waals surface area contributed by atoms with E-state index in [1.54, 1.807) is 0 Å². The molecule has 4 rings (SSSR count). The number of hydrogen-bond donors (Lipinski definition) is 5. The van der Waals surface area contributed by atoms with Gasteiger partial charge in [-0.1, -0.05) is 0 Å². The molecule has 4 aromatic carbocycles. The van der Waals surface area contributed by atoms with Gasteiger partial charge in [-0.3, -0.25) is 33.2 Å². The minimum Gasteiger partial charge on any atom is -0.282 e. The second-order valence-electron chi connectivity index (χ2n) is 9.81. The molecule has 0 bridgehead atoms. The van der Waals surface area contributed by atoms with Crippen LogP contribution in [0.15, 0.2) is 85.1 Å². The first-order valence-electron chi connectivity index (χ1n) is 12.3. The smallest absolute Gasteiger partial charge is 0.282 e. The SMILES string of the molecule is Cc1cc([N+](=O)[O-])ccc1S(=O)(=O)Nc1ccc(S(=O)(=O)Nc2cc(S(=O)(=O)O)cc3cc(S(=O)(=O)O)cc(S(=O)(=O)O)c23)c(C)c1. The van der Waals surface area contributed by atoms with Crippen LogP contribution in [0.3, 0.4) is 0 Å². The molecular weight excluding hydrogens is 731 g/mol. The Morgan fingerprint density at radius 2 is 1.09 bits per heavy atom. The molecule has 0 fully saturated rings. The molecule has 23 heteroatoms. The van der Waals surface area contributed by atoms with Crippen molar-refractivity contribution in [3.05, 3.63) is 81.9 Å². The van der Waals surface area contributed by atoms with E-state index in [-0.39, 0.29) is 33.5 Å². The molecule has 0 aliphatic rings. The average molecular weight is 752 g/mol. The number of nitrogens with zero attached hydrogens (tertiary/aromatic N) is 1. The minimum atomic E-state index is -5.39. The van der Waals surface area contributed by atoms with Crippen LogP contribution in [-0.4, -0.2) is 60.7 Å². The van der Waals surface area contributed by atoms with E-state index < -0.39 is 91.4 Å². The van der Waals surface area contributed by atoms with Crippen LogP contribution >= 0.6 is 0 Å². The highest BCUT2D eigenvalue weighted by atomic mass is 32.2. The number of nitro groups is 1. The minimum absolute atomic E-state index is 0.0409. The molecule has 0 aromatic heterocycles. The van der Waals surface area contributed by atoms with E-state index in [1.807, 2.05) is 4.72 Å². The lowest BCUT2D eigenvalue weighted by atomic mass is 10.1. The van der Waals surface area contributed by atoms with Gasteiger partial charge in [0.05, 0.1) is 30.2 Å². The van der Waals surface area contributed by atoms with E-state index in [0.29, 0.717) is 18.2 Å². The number of non-ortho nitro benzene ring substituents is 1. The summed E-state index contributed by atoms with van der Waals surface area (Å²) in [4.78, 5) is 5.98. The predicted octanol–water partition coefficient (Wildman–Crippen LogP) is 2.71. The number of rotatable bonds is 10. The molecule has 0 unspecified atom stereocenters. The monoisotopic (exact) mass is 751 g/mol. The fourth-order valence-electron chi connectivity index (χ4n) is 4.48. The van der Waals surface area contributed by atoms with Crippen LogP contribution in [0.25, 0.3) is 10.8 Å². The van der Waals surface area contributed by atoms with Crippen LogP contribution in [0, 0.1) is 24.0 Å². The summed E-state index contributed by atoms with van der Waals surface area (Å²) in [5.41, 5.74) is -1.44. The first-order chi connectivity index (χ1) is 21.3. The van der Waals surface area contributed by atoms with E-state index in [2.05, 4.69) is 4.72 Å². The third kappa shape index (κ3) is 7.51. The van der Waals surface area contributed by atoms with Gasteiger partial charge in [0.25, 0.3) is 56.1 Å². The number of benzene rings is 4. The van der Waals surface area contributed by atoms with Crippen molar-refractivity contribution in [3.63, 3.8) is 0 Å². The Labute approximate surface area is 267 Å². The van der Waals surface area contributed by atoms with E-state index in [9.17, 15) is 65.9 Å². The van der Waals surface area contributed by atoms with Gasteiger partial charge in [0.1, 0.15) is 4.90 Å². The zero-order chi connectivity index (χ0) is 35.5. The third-order valence-corrected chi connectivity index (χ3v) is 12.1. The van der Waals surface area contributed by atoms with Crippen molar-refractivity contribution < 1.29 is 60.7 Å². The van der Waals surface area contributed by atoms with Gasteiger partial charge in [-0.25, -0.2) is 16.8 Å². The van der Waals surface area contributed by atoms with Crippen LogP contribution in [0.5, 0.6) is 0 Å². The van der Waals surface area contributed by atoms with E-state index in [4.69, 9.17) is 0 Å². The van der Waals surface area contributed by atoms with Crippen molar-refractivity contribution in [2.45, 2.75) is 38.3 Å². The summed E-state index contributed by atoms with van der Waals surface area (Å²) in [6, 6.07) is 7.96. The maximum Gasteiger partial charge on any atom is 0.295 e. The van der Waals surface area contributed by atoms with Gasteiger partial charge in [0.2, 0.25) is 0 Å². The number of fused-ring (bicyclic) bond motifs is 1. The second-order valence-corrected chi connectivity index (χ2v) is 17.3. The molecule has 18 nitrogen and oxygen atoms in total. The van der Waals surface area contributed by atoms with Gasteiger partial charge in [0, 0.05) is 23.2 Å². The maximum absolute atomic E-state index is 13.5. The Hall–Kier alpha value is -4.23. The van der Waals surface area contributed by atoms with Gasteiger partial charge >= 0.3 is 0 Å². The lowest BCUT2D eigenvalue weighted by Crippen LogP contribution is -2.17. The summed E-state index contributed by atoms with van der Waals surface area (Å²) in [5, 5.41) is 9.57. The molecule has 0 spiro atoms. The number of sulfonamides is 2. The van der Waals surface area contributed by atoms with Gasteiger partial charge in [0.15, 0.2) is 0 Å². The average Bonchev–Trinajstić information content (AvgIpc) is 2.89. The van der Waals surface area contributed by atoms with Gasteiger partial charge in [-0.15, -0.1) is 0 Å². The van der Waals surface area contributed by atoms with Gasteiger partial charge in [-0.2, -0.15) is 25.3 Å². The molecule has 47 heavy (non-hydrogen) atoms. The summed E-state index contributed by atoms with van der Waals surface area (Å²) in [6.07, 6.45) is 0. The Bertz CT molecular complexity index is 2560. The molecule has 0 saturated carbocycles. The van der Waals surface area contributed by atoms with Crippen molar-refractivity contribution in [2.75, 3.05) is 9.44 Å². The van der Waals surface area contributed by atoms with E-state index in [0.717, 1.165) is 36.4 Å². The standard InChI is InChI=1S/C24H21N3O15S5/c1-13-7-16(25-43(30,31)22-6-4-17(27(28)29)8-14(22)2)3-5-21(13)44(32,33)26-20-11-18(45(34,35)36)9-15-10-19(46(37,38)39)12-23(24(15)20)47(40,41)42/h3-12,25-26H,1-2H3,(H,34,35,36)(H,37,38,39)(H,40,41,42). The predicted molar refractivity (Wildman–Crippen MR) is 164 cm³/mol. The molecule has 0 aliphatic heterocycles. The van der Waals surface area contributed by atoms with Gasteiger partial charge < -0.3 is 0 Å². The fraction of sp³-hybridized carbons (Fsp3) is 0.0833. The molecule has 0 radical (unpaired) electrons. The summed E-state index contributed by atoms with van der Waals surface area (Å²) in [5.74, 6) is 0. The van der Waals surface area contributed by atoms with Gasteiger partial charge in [-0.05, 0) is 78.9 Å². The van der Waals surface area contributed by atoms with Crippen molar-refractivity contribution in [2.24, 2.45) is 0 Å². The largest absolute Gasteiger partial charge is 0.295 e. The number of nitrogens with one attached hydrogen (secondary N) is 2. The highest BCUT2D eigenvalue weighted by Crippen LogP contribution is 2.37. The summed E-state index contributed by atoms with van der Waals surface area (Å²) >= 11 is 0. The van der Waals surface area contributed by atoms with Crippen LogP contribution in [0.1, 0.15) is 11.1 Å². The fourth-order valence-corrected chi connectivity index (χ4v) is 8.97. The molecule has 5 N–H and O–H groups in total. The van der Waals surface area contributed by atoms with Crippen molar-refractivity contribution in [3.8, 4) is 0 Å². The van der Waals surface area contributed by atoms with E-state index >= 15 is 0 Å². The van der Waals surface area contributed by atoms with Crippen molar-refractivity contribution in [1.82, 2.24) is 0 Å². The molecule has 4 aromatic rings. The summed E-state index contributed by atoms with van der Waals surface area (Å²) in [6.45, 7) is 2.56. The number of aryl methyl sites for hydroxylation is 2. The highest BCUT2D eigenvalue weighted by molar-refractivity contribution is 7.93. The van der Waals surface area contributed by atoms with Crippen molar-refractivity contribution >= 4 is 78.2 Å². The zero-order valence-corrected chi connectivity index (χ0v) is 27.6. The normalized spacial score (nSPS) is 13.0. The molecule has 252 valence electrons. The summed E-state index contributed by atoms with van der Waals surface area (Å²) in [7, 11) is -24.9. The maximum atomic E-state index is 13.5. The molecular formula is C24H21N3O15S5. The Balaban J connectivity index is 1.83. The zero-order valence-electron chi connectivity index (χ0n) is 23.5. The highest BCUT2D eigenvalue weighted by Gasteiger charge is 2.28. The van der Waals surface area contributed by atoms with Crippen LogP contribution < -0.4 is 9.44 Å². The van der Waals surface area contributed by atoms with Crippen LogP contribution in [0.4, 0.5) is 17.1 Å². The van der Waals surface area contributed by atoms with Crippen LogP contribution in [0.2, 0.25) is 0 Å². The number of nitro benzene ring substituents is 1. The topological polar surface area (TPSA) is 299 Å². The first kappa shape index (κ1) is 35.6. The first-order valence-corrected chi connectivity index (χ1v) is 19.6. The van der Waals surface area contributed by atoms with E-state index in [1.165, 1.54) is 13.8 Å². The Morgan fingerprint density at radius 3 is 1.55 bits per heavy atom. The second kappa shape index (κ2) is 11.8. The molecule has 0 saturated heterocycles. The lowest BCUT2D eigenvalue weighted by molar-refractivity contribution is -0.385. The lowest BCUT2D eigenvalue weighted by Gasteiger charge is -2.17. The van der Waals surface area contributed by atoms with Crippen LogP contribution in [-0.2, 0) is 50.4 Å². The third-order valence-electron chi connectivity index (χ3n) is 6.45. The van der Waals surface area contributed by atoms with Crippen molar-refractivity contribution in [1.29, 1.82) is 0 Å². The molecule has 0 amide bonds. The number of anilines is 2. The number of hydrogen-bond acceptors (Lipinski definition) is 12. The quantitative estimate of drug-likeness (QED) is 0.0884. The molecule has 0 atom stereocenters.